The molecule has 0 bridgehead atoms. The molecule has 2 heterocycles. The molecule has 0 amide bonds. The first kappa shape index (κ1) is 13.4. The van der Waals surface area contributed by atoms with Crippen molar-refractivity contribution in [2.45, 2.75) is 44.9 Å². The molecule has 0 fully saturated rings. The van der Waals surface area contributed by atoms with Gasteiger partial charge >= 0.3 is 0 Å². The van der Waals surface area contributed by atoms with E-state index in [2.05, 4.69) is 25.3 Å². The molecule has 0 radical (unpaired) electrons. The van der Waals surface area contributed by atoms with Crippen molar-refractivity contribution in [3.8, 4) is 0 Å². The Morgan fingerprint density at radius 1 is 1.41 bits per heavy atom. The van der Waals surface area contributed by atoms with Crippen molar-refractivity contribution in [3.05, 3.63) is 21.4 Å². The van der Waals surface area contributed by atoms with Crippen LogP contribution in [0.15, 0.2) is 6.07 Å². The van der Waals surface area contributed by atoms with E-state index in [1.807, 2.05) is 23.1 Å². The van der Waals surface area contributed by atoms with E-state index >= 15 is 0 Å². The molecule has 4 heteroatoms. The first-order valence-electron chi connectivity index (χ1n) is 6.36. The second-order valence-electron chi connectivity index (χ2n) is 5.09. The zero-order chi connectivity index (χ0) is 12.3. The zero-order valence-electron chi connectivity index (χ0n) is 10.7. The maximum absolute atomic E-state index is 5.70. The fourth-order valence-corrected chi connectivity index (χ4v) is 4.62. The fraction of sp³-hybridized carbons (Fsp3) is 0.692. The van der Waals surface area contributed by atoms with Gasteiger partial charge in [0.25, 0.3) is 0 Å². The second kappa shape index (κ2) is 6.23. The number of thiophene rings is 1. The summed E-state index contributed by atoms with van der Waals surface area (Å²) in [4.78, 5) is 3.02. The van der Waals surface area contributed by atoms with Crippen molar-refractivity contribution >= 4 is 23.1 Å². The summed E-state index contributed by atoms with van der Waals surface area (Å²) in [6, 6.07) is 2.72. The number of fused-ring (bicyclic) bond motifs is 1. The van der Waals surface area contributed by atoms with Gasteiger partial charge in [-0.3, -0.25) is 11.3 Å². The van der Waals surface area contributed by atoms with Crippen molar-refractivity contribution < 1.29 is 0 Å². The average molecular weight is 270 g/mol. The monoisotopic (exact) mass is 270 g/mol. The summed E-state index contributed by atoms with van der Waals surface area (Å²) in [5, 5.41) is 0. The van der Waals surface area contributed by atoms with Gasteiger partial charge in [0, 0.05) is 15.5 Å². The average Bonchev–Trinajstić information content (AvgIpc) is 2.72. The summed E-state index contributed by atoms with van der Waals surface area (Å²) in [5.41, 5.74) is 4.53. The molecule has 2 nitrogen and oxygen atoms in total. The van der Waals surface area contributed by atoms with Crippen LogP contribution in [0.5, 0.6) is 0 Å². The standard InChI is InChI=1S/C13H22N2S2/c1-9(2)3-4-11(15-14)13-7-10-8-16-6-5-12(10)17-13/h7,9,11,15H,3-6,8,14H2,1-2H3. The van der Waals surface area contributed by atoms with Gasteiger partial charge in [-0.15, -0.1) is 11.3 Å². The predicted octanol–water partition coefficient (Wildman–Crippen LogP) is 3.48. The smallest absolute Gasteiger partial charge is 0.0553 e. The molecule has 0 saturated carbocycles. The van der Waals surface area contributed by atoms with Crippen LogP contribution in [0.25, 0.3) is 0 Å². The molecule has 96 valence electrons. The molecule has 0 spiro atoms. The molecule has 17 heavy (non-hydrogen) atoms. The van der Waals surface area contributed by atoms with Crippen LogP contribution in [-0.2, 0) is 12.2 Å². The highest BCUT2D eigenvalue weighted by atomic mass is 32.2. The number of nitrogens with two attached hydrogens (primary N) is 1. The molecule has 3 N–H and O–H groups in total. The summed E-state index contributed by atoms with van der Waals surface area (Å²) in [7, 11) is 0. The molecule has 0 aromatic carbocycles. The lowest BCUT2D eigenvalue weighted by molar-refractivity contribution is 0.453. The molecule has 1 aromatic rings. The minimum atomic E-state index is 0.345. The molecule has 1 aromatic heterocycles. The highest BCUT2D eigenvalue weighted by Gasteiger charge is 2.18. The minimum absolute atomic E-state index is 0.345. The Balaban J connectivity index is 2.05. The third-order valence-electron chi connectivity index (χ3n) is 3.22. The molecule has 1 unspecified atom stereocenters. The van der Waals surface area contributed by atoms with E-state index in [4.69, 9.17) is 5.84 Å². The van der Waals surface area contributed by atoms with Crippen LogP contribution in [-0.4, -0.2) is 5.75 Å². The van der Waals surface area contributed by atoms with Gasteiger partial charge in [-0.1, -0.05) is 13.8 Å². The number of hydrazine groups is 1. The third kappa shape index (κ3) is 3.47. The Hall–Kier alpha value is -0.0300. The van der Waals surface area contributed by atoms with E-state index in [9.17, 15) is 0 Å². The number of thioether (sulfide) groups is 1. The summed E-state index contributed by atoms with van der Waals surface area (Å²) in [6.07, 6.45) is 3.61. The van der Waals surface area contributed by atoms with Crippen molar-refractivity contribution in [1.29, 1.82) is 0 Å². The molecule has 2 rings (SSSR count). The normalized spacial score (nSPS) is 17.2. The molecule has 1 aliphatic heterocycles. The van der Waals surface area contributed by atoms with E-state index in [1.54, 1.807) is 10.4 Å². The summed E-state index contributed by atoms with van der Waals surface area (Å²) < 4.78 is 0. The van der Waals surface area contributed by atoms with E-state index < -0.39 is 0 Å². The molecular formula is C13H22N2S2. The lowest BCUT2D eigenvalue weighted by Gasteiger charge is -2.15. The van der Waals surface area contributed by atoms with Gasteiger partial charge in [0.1, 0.15) is 0 Å². The predicted molar refractivity (Wildman–Crippen MR) is 78.3 cm³/mol. The van der Waals surface area contributed by atoms with Crippen LogP contribution in [0.3, 0.4) is 0 Å². The van der Waals surface area contributed by atoms with Gasteiger partial charge in [-0.2, -0.15) is 11.8 Å². The largest absolute Gasteiger partial charge is 0.271 e. The highest BCUT2D eigenvalue weighted by Crippen LogP contribution is 2.35. The van der Waals surface area contributed by atoms with E-state index in [0.29, 0.717) is 6.04 Å². The van der Waals surface area contributed by atoms with Gasteiger partial charge in [-0.05, 0) is 42.6 Å². The molecule has 1 aliphatic rings. The van der Waals surface area contributed by atoms with Crippen molar-refractivity contribution in [1.82, 2.24) is 5.43 Å². The molecule has 0 saturated heterocycles. The van der Waals surface area contributed by atoms with E-state index in [-0.39, 0.29) is 0 Å². The lowest BCUT2D eigenvalue weighted by atomic mass is 10.0. The second-order valence-corrected chi connectivity index (χ2v) is 7.36. The van der Waals surface area contributed by atoms with Crippen LogP contribution in [0, 0.1) is 5.92 Å². The maximum Gasteiger partial charge on any atom is 0.0553 e. The number of rotatable bonds is 5. The Morgan fingerprint density at radius 3 is 2.88 bits per heavy atom. The fourth-order valence-electron chi connectivity index (χ4n) is 2.15. The first-order chi connectivity index (χ1) is 8.20. The van der Waals surface area contributed by atoms with Gasteiger partial charge in [0.15, 0.2) is 0 Å². The maximum atomic E-state index is 5.70. The van der Waals surface area contributed by atoms with Crippen molar-refractivity contribution in [3.63, 3.8) is 0 Å². The molecular weight excluding hydrogens is 248 g/mol. The molecule has 0 aliphatic carbocycles. The lowest BCUT2D eigenvalue weighted by Crippen LogP contribution is -2.27. The first-order valence-corrected chi connectivity index (χ1v) is 8.33. The Morgan fingerprint density at radius 2 is 2.24 bits per heavy atom. The molecule has 1 atom stereocenters. The van der Waals surface area contributed by atoms with Crippen LogP contribution in [0.1, 0.15) is 48.0 Å². The zero-order valence-corrected chi connectivity index (χ0v) is 12.3. The minimum Gasteiger partial charge on any atom is -0.271 e. The number of hydrogen-bond acceptors (Lipinski definition) is 4. The van der Waals surface area contributed by atoms with E-state index in [0.717, 1.165) is 12.3 Å². The topological polar surface area (TPSA) is 38.0 Å². The van der Waals surface area contributed by atoms with Gasteiger partial charge in [0.05, 0.1) is 6.04 Å². The van der Waals surface area contributed by atoms with Crippen LogP contribution >= 0.6 is 23.1 Å². The third-order valence-corrected chi connectivity index (χ3v) is 5.58. The van der Waals surface area contributed by atoms with Gasteiger partial charge in [0.2, 0.25) is 0 Å². The SMILES string of the molecule is CC(C)CCC(NN)c1cc2c(s1)CCSC2. The number of aryl methyl sites for hydroxylation is 1. The Bertz CT molecular complexity index is 337. The van der Waals surface area contributed by atoms with Crippen molar-refractivity contribution in [2.24, 2.45) is 11.8 Å². The summed E-state index contributed by atoms with van der Waals surface area (Å²) >= 11 is 4.01. The van der Waals surface area contributed by atoms with Crippen molar-refractivity contribution in [2.75, 3.05) is 5.75 Å². The van der Waals surface area contributed by atoms with Gasteiger partial charge in [-0.25, -0.2) is 0 Å². The summed E-state index contributed by atoms with van der Waals surface area (Å²) in [6.45, 7) is 4.54. The number of nitrogens with one attached hydrogen (secondary N) is 1. The summed E-state index contributed by atoms with van der Waals surface area (Å²) in [5.74, 6) is 8.91. The van der Waals surface area contributed by atoms with Gasteiger partial charge < -0.3 is 0 Å². The van der Waals surface area contributed by atoms with Crippen LogP contribution in [0.2, 0.25) is 0 Å². The Kier molecular flexibility index (Phi) is 4.91. The van der Waals surface area contributed by atoms with Crippen LogP contribution < -0.4 is 11.3 Å². The van der Waals surface area contributed by atoms with E-state index in [1.165, 1.54) is 29.2 Å². The Labute approximate surface area is 112 Å². The quantitative estimate of drug-likeness (QED) is 0.635. The van der Waals surface area contributed by atoms with Crippen LogP contribution in [0.4, 0.5) is 0 Å². The number of hydrogen-bond donors (Lipinski definition) is 2. The highest BCUT2D eigenvalue weighted by molar-refractivity contribution is 7.98.